The molecule has 94 valence electrons. The molecule has 0 radical (unpaired) electrons. The summed E-state index contributed by atoms with van der Waals surface area (Å²) in [6, 6.07) is 0.202. The number of hydrogen-bond acceptors (Lipinski definition) is 3. The molecule has 17 heavy (non-hydrogen) atoms. The number of rotatable bonds is 4. The lowest BCUT2D eigenvalue weighted by Crippen LogP contribution is -2.38. The van der Waals surface area contributed by atoms with Crippen molar-refractivity contribution in [2.45, 2.75) is 38.1 Å². The molecule has 1 atom stereocenters. The fourth-order valence-corrected chi connectivity index (χ4v) is 2.42. The zero-order valence-electron chi connectivity index (χ0n) is 10.1. The van der Waals surface area contributed by atoms with Crippen LogP contribution in [0.4, 0.5) is 0 Å². The van der Waals surface area contributed by atoms with Gasteiger partial charge >= 0.3 is 0 Å². The highest BCUT2D eigenvalue weighted by molar-refractivity contribution is 5.76. The van der Waals surface area contributed by atoms with Crippen LogP contribution in [0.25, 0.3) is 0 Å². The summed E-state index contributed by atoms with van der Waals surface area (Å²) in [6.45, 7) is 1.44. The van der Waals surface area contributed by atoms with E-state index in [2.05, 4.69) is 10.2 Å². The first-order valence-corrected chi connectivity index (χ1v) is 6.31. The summed E-state index contributed by atoms with van der Waals surface area (Å²) in [6.07, 6.45) is 8.35. The van der Waals surface area contributed by atoms with Crippen LogP contribution in [0.2, 0.25) is 0 Å². The number of piperidine rings is 1. The molecule has 1 saturated heterocycles. The first-order chi connectivity index (χ1) is 8.33. The van der Waals surface area contributed by atoms with Gasteiger partial charge in [0.1, 0.15) is 0 Å². The molecule has 0 saturated carbocycles. The number of nitrogens with two attached hydrogens (primary N) is 1. The summed E-state index contributed by atoms with van der Waals surface area (Å²) in [4.78, 5) is 14.1. The fourth-order valence-electron chi connectivity index (χ4n) is 2.42. The minimum atomic E-state index is 0.202. The Morgan fingerprint density at radius 2 is 2.47 bits per heavy atom. The van der Waals surface area contributed by atoms with E-state index in [9.17, 15) is 4.79 Å². The fraction of sp³-hybridized carbons (Fsp3) is 0.667. The number of carbonyl (C=O) groups is 1. The van der Waals surface area contributed by atoms with Crippen molar-refractivity contribution in [3.05, 3.63) is 18.0 Å². The van der Waals surface area contributed by atoms with Gasteiger partial charge in [0.25, 0.3) is 0 Å². The molecule has 0 aromatic carbocycles. The van der Waals surface area contributed by atoms with Gasteiger partial charge < -0.3 is 10.6 Å². The maximum absolute atomic E-state index is 12.1. The largest absolute Gasteiger partial charge is 0.336 e. The van der Waals surface area contributed by atoms with Gasteiger partial charge in [0.15, 0.2) is 0 Å². The van der Waals surface area contributed by atoms with Crippen LogP contribution in [0.5, 0.6) is 0 Å². The lowest BCUT2D eigenvalue weighted by atomic mass is 9.97. The van der Waals surface area contributed by atoms with Gasteiger partial charge in [-0.25, -0.2) is 0 Å². The molecule has 0 spiro atoms. The zero-order valence-corrected chi connectivity index (χ0v) is 10.1. The Balaban J connectivity index is 2.04. The van der Waals surface area contributed by atoms with Crippen molar-refractivity contribution in [1.29, 1.82) is 0 Å². The van der Waals surface area contributed by atoms with E-state index in [1.54, 1.807) is 0 Å². The molecule has 1 unspecified atom stereocenters. The number of amides is 1. The SMILES string of the molecule is NCCCC(=O)N1CCCCC1c1cn[nH]c1. The Labute approximate surface area is 101 Å². The van der Waals surface area contributed by atoms with Gasteiger partial charge in [-0.1, -0.05) is 0 Å². The second kappa shape index (κ2) is 5.82. The third-order valence-electron chi connectivity index (χ3n) is 3.32. The van der Waals surface area contributed by atoms with Crippen molar-refractivity contribution in [3.63, 3.8) is 0 Å². The van der Waals surface area contributed by atoms with Crippen LogP contribution >= 0.6 is 0 Å². The van der Waals surface area contributed by atoms with E-state index in [-0.39, 0.29) is 11.9 Å². The number of hydrogen-bond donors (Lipinski definition) is 2. The molecular formula is C12H20N4O. The second-order valence-corrected chi connectivity index (χ2v) is 4.52. The minimum absolute atomic E-state index is 0.202. The van der Waals surface area contributed by atoms with Crippen LogP contribution in [0.3, 0.4) is 0 Å². The van der Waals surface area contributed by atoms with Crippen LogP contribution < -0.4 is 5.73 Å². The Bertz CT molecular complexity index is 349. The van der Waals surface area contributed by atoms with Crippen LogP contribution in [0, 0.1) is 0 Å². The van der Waals surface area contributed by atoms with Crippen molar-refractivity contribution < 1.29 is 4.79 Å². The predicted molar refractivity (Wildman–Crippen MR) is 65.2 cm³/mol. The maximum Gasteiger partial charge on any atom is 0.223 e. The van der Waals surface area contributed by atoms with E-state index in [4.69, 9.17) is 5.73 Å². The molecule has 5 nitrogen and oxygen atoms in total. The summed E-state index contributed by atoms with van der Waals surface area (Å²) in [5, 5.41) is 6.79. The maximum atomic E-state index is 12.1. The van der Waals surface area contributed by atoms with Crippen LogP contribution in [-0.4, -0.2) is 34.1 Å². The first-order valence-electron chi connectivity index (χ1n) is 6.31. The number of nitrogens with one attached hydrogen (secondary N) is 1. The van der Waals surface area contributed by atoms with Gasteiger partial charge in [-0.2, -0.15) is 5.10 Å². The average molecular weight is 236 g/mol. The van der Waals surface area contributed by atoms with Gasteiger partial charge in [0.2, 0.25) is 5.91 Å². The number of aromatic nitrogens is 2. The minimum Gasteiger partial charge on any atom is -0.336 e. The summed E-state index contributed by atoms with van der Waals surface area (Å²) in [5.41, 5.74) is 6.57. The third kappa shape index (κ3) is 2.85. The topological polar surface area (TPSA) is 75.0 Å². The number of likely N-dealkylation sites (tertiary alicyclic amines) is 1. The molecular weight excluding hydrogens is 216 g/mol. The number of H-pyrrole nitrogens is 1. The lowest BCUT2D eigenvalue weighted by Gasteiger charge is -2.35. The summed E-state index contributed by atoms with van der Waals surface area (Å²) in [5.74, 6) is 0.223. The molecule has 1 fully saturated rings. The van der Waals surface area contributed by atoms with Crippen molar-refractivity contribution in [3.8, 4) is 0 Å². The number of aromatic amines is 1. The van der Waals surface area contributed by atoms with Gasteiger partial charge in [-0.05, 0) is 32.2 Å². The Morgan fingerprint density at radius 1 is 1.59 bits per heavy atom. The summed E-state index contributed by atoms with van der Waals surface area (Å²) >= 11 is 0. The normalized spacial score (nSPS) is 20.5. The van der Waals surface area contributed by atoms with Gasteiger partial charge in [0.05, 0.1) is 12.2 Å². The van der Waals surface area contributed by atoms with E-state index in [0.717, 1.165) is 31.4 Å². The third-order valence-corrected chi connectivity index (χ3v) is 3.32. The standard InChI is InChI=1S/C12H20N4O/c13-6-3-5-12(17)16-7-2-1-4-11(16)10-8-14-15-9-10/h8-9,11H,1-7,13H2,(H,14,15). The van der Waals surface area contributed by atoms with E-state index >= 15 is 0 Å². The monoisotopic (exact) mass is 236 g/mol. The van der Waals surface area contributed by atoms with Gasteiger partial charge in [-0.15, -0.1) is 0 Å². The molecule has 1 aromatic heterocycles. The zero-order chi connectivity index (χ0) is 12.1. The van der Waals surface area contributed by atoms with Crippen molar-refractivity contribution in [1.82, 2.24) is 15.1 Å². The molecule has 0 bridgehead atoms. The molecule has 1 aromatic rings. The van der Waals surface area contributed by atoms with E-state index in [1.807, 2.05) is 17.3 Å². The highest BCUT2D eigenvalue weighted by Crippen LogP contribution is 2.30. The lowest BCUT2D eigenvalue weighted by molar-refractivity contribution is -0.135. The molecule has 3 N–H and O–H groups in total. The highest BCUT2D eigenvalue weighted by atomic mass is 16.2. The average Bonchev–Trinajstić information content (AvgIpc) is 2.89. The van der Waals surface area contributed by atoms with Gasteiger partial charge in [0, 0.05) is 24.7 Å². The smallest absolute Gasteiger partial charge is 0.223 e. The first kappa shape index (κ1) is 12.1. The van der Waals surface area contributed by atoms with E-state index in [1.165, 1.54) is 6.42 Å². The molecule has 1 aliphatic rings. The van der Waals surface area contributed by atoms with E-state index in [0.29, 0.717) is 13.0 Å². The predicted octanol–water partition coefficient (Wildman–Crippen LogP) is 1.20. The second-order valence-electron chi connectivity index (χ2n) is 4.52. The van der Waals surface area contributed by atoms with Crippen LogP contribution in [-0.2, 0) is 4.79 Å². The molecule has 2 heterocycles. The van der Waals surface area contributed by atoms with E-state index < -0.39 is 0 Å². The Kier molecular flexibility index (Phi) is 4.14. The highest BCUT2D eigenvalue weighted by Gasteiger charge is 2.27. The Morgan fingerprint density at radius 3 is 3.18 bits per heavy atom. The van der Waals surface area contributed by atoms with Crippen molar-refractivity contribution >= 4 is 5.91 Å². The summed E-state index contributed by atoms with van der Waals surface area (Å²) in [7, 11) is 0. The molecule has 5 heteroatoms. The molecule has 2 rings (SSSR count). The number of nitrogens with zero attached hydrogens (tertiary/aromatic N) is 2. The van der Waals surface area contributed by atoms with Crippen molar-refractivity contribution in [2.75, 3.05) is 13.1 Å². The summed E-state index contributed by atoms with van der Waals surface area (Å²) < 4.78 is 0. The Hall–Kier alpha value is -1.36. The van der Waals surface area contributed by atoms with Crippen LogP contribution in [0.15, 0.2) is 12.4 Å². The van der Waals surface area contributed by atoms with Crippen molar-refractivity contribution in [2.24, 2.45) is 5.73 Å². The number of carbonyl (C=O) groups excluding carboxylic acids is 1. The van der Waals surface area contributed by atoms with Crippen LogP contribution in [0.1, 0.15) is 43.7 Å². The van der Waals surface area contributed by atoms with Gasteiger partial charge in [-0.3, -0.25) is 9.89 Å². The molecule has 1 aliphatic heterocycles. The quantitative estimate of drug-likeness (QED) is 0.825. The molecule has 1 amide bonds. The molecule has 0 aliphatic carbocycles.